The largest absolute Gasteiger partial charge is 0.490 e. The number of carbonyl (C=O) groups is 1. The summed E-state index contributed by atoms with van der Waals surface area (Å²) in [7, 11) is 0. The van der Waals surface area contributed by atoms with Gasteiger partial charge < -0.3 is 15.7 Å². The molecule has 0 spiro atoms. The van der Waals surface area contributed by atoms with Crippen LogP contribution >= 0.6 is 0 Å². The Morgan fingerprint density at radius 2 is 1.47 bits per heavy atom. The molecule has 0 radical (unpaired) electrons. The number of hydrogen-bond donors (Lipinski definition) is 3. The molecule has 0 aromatic rings. The zero-order valence-electron chi connectivity index (χ0n) is 10.2. The fourth-order valence-corrected chi connectivity index (χ4v) is 1.15. The Labute approximate surface area is 97.9 Å². The van der Waals surface area contributed by atoms with E-state index in [4.69, 9.17) is 21.0 Å². The monoisotopic (exact) mass is 257 g/mol. The maximum absolute atomic E-state index is 10.6. The standard InChI is InChI=1S/C7H17N3.C2HF3O2/c1-5(2)10(6(3)4)7(8)9;3-2(4,5)1(6)7/h5-6H,1-4H3,(H3,8,9);(H,6,7). The van der Waals surface area contributed by atoms with E-state index in [0.717, 1.165) is 0 Å². The summed E-state index contributed by atoms with van der Waals surface area (Å²) in [5, 5.41) is 14.3. The molecule has 0 aromatic heterocycles. The van der Waals surface area contributed by atoms with Crippen molar-refractivity contribution in [2.75, 3.05) is 0 Å². The van der Waals surface area contributed by atoms with Crippen LogP contribution in [-0.2, 0) is 4.79 Å². The van der Waals surface area contributed by atoms with Gasteiger partial charge in [-0.05, 0) is 27.7 Å². The summed E-state index contributed by atoms with van der Waals surface area (Å²) in [6, 6.07) is 0.634. The molecule has 0 rings (SSSR count). The van der Waals surface area contributed by atoms with E-state index in [1.165, 1.54) is 0 Å². The lowest BCUT2D eigenvalue weighted by Gasteiger charge is -2.30. The van der Waals surface area contributed by atoms with E-state index < -0.39 is 12.1 Å². The molecule has 8 heteroatoms. The number of nitrogens with zero attached hydrogens (tertiary/aromatic N) is 1. The predicted octanol–water partition coefficient (Wildman–Crippen LogP) is 1.63. The molecule has 0 fully saturated rings. The van der Waals surface area contributed by atoms with Crippen LogP contribution in [0.15, 0.2) is 0 Å². The highest BCUT2D eigenvalue weighted by molar-refractivity contribution is 5.75. The van der Waals surface area contributed by atoms with Crippen LogP contribution < -0.4 is 5.73 Å². The topological polar surface area (TPSA) is 90.4 Å². The summed E-state index contributed by atoms with van der Waals surface area (Å²) in [6.45, 7) is 8.12. The van der Waals surface area contributed by atoms with Crippen LogP contribution in [0.4, 0.5) is 13.2 Å². The van der Waals surface area contributed by atoms with Gasteiger partial charge in [-0.3, -0.25) is 5.41 Å². The van der Waals surface area contributed by atoms with Gasteiger partial charge in [0.1, 0.15) is 0 Å². The fourth-order valence-electron chi connectivity index (χ4n) is 1.15. The van der Waals surface area contributed by atoms with E-state index in [-0.39, 0.29) is 5.96 Å². The Morgan fingerprint density at radius 1 is 1.24 bits per heavy atom. The van der Waals surface area contributed by atoms with E-state index in [0.29, 0.717) is 12.1 Å². The van der Waals surface area contributed by atoms with Crippen molar-refractivity contribution in [3.8, 4) is 0 Å². The summed E-state index contributed by atoms with van der Waals surface area (Å²) >= 11 is 0. The Balaban J connectivity index is 0. The highest BCUT2D eigenvalue weighted by Crippen LogP contribution is 2.13. The number of nitrogens with two attached hydrogens (primary N) is 1. The number of guanidine groups is 1. The van der Waals surface area contributed by atoms with Gasteiger partial charge in [0.2, 0.25) is 0 Å². The van der Waals surface area contributed by atoms with E-state index in [2.05, 4.69) is 0 Å². The molecule has 4 N–H and O–H groups in total. The second-order valence-corrected chi connectivity index (χ2v) is 3.78. The minimum atomic E-state index is -5.08. The highest BCUT2D eigenvalue weighted by Gasteiger charge is 2.38. The van der Waals surface area contributed by atoms with Gasteiger partial charge in [-0.2, -0.15) is 13.2 Å². The first-order valence-electron chi connectivity index (χ1n) is 4.83. The minimum Gasteiger partial charge on any atom is -0.475 e. The SMILES string of the molecule is CC(C)N(C(=N)N)C(C)C.O=C(O)C(F)(F)F. The van der Waals surface area contributed by atoms with Crippen molar-refractivity contribution in [2.45, 2.75) is 46.0 Å². The minimum absolute atomic E-state index is 0.157. The van der Waals surface area contributed by atoms with Crippen LogP contribution in [0.3, 0.4) is 0 Å². The van der Waals surface area contributed by atoms with Gasteiger partial charge in [0.25, 0.3) is 0 Å². The Bertz CT molecular complexity index is 257. The van der Waals surface area contributed by atoms with Crippen molar-refractivity contribution in [1.29, 1.82) is 5.41 Å². The summed E-state index contributed by atoms with van der Waals surface area (Å²) in [5.41, 5.74) is 5.35. The average Bonchev–Trinajstić information content (AvgIpc) is 1.99. The Kier molecular flexibility index (Phi) is 7.35. The number of halogens is 3. The van der Waals surface area contributed by atoms with Crippen molar-refractivity contribution >= 4 is 11.9 Å². The van der Waals surface area contributed by atoms with Crippen molar-refractivity contribution in [3.63, 3.8) is 0 Å². The fraction of sp³-hybridized carbons (Fsp3) is 0.778. The summed E-state index contributed by atoms with van der Waals surface area (Å²) in [5.74, 6) is -2.60. The van der Waals surface area contributed by atoms with E-state index in [1.54, 1.807) is 0 Å². The van der Waals surface area contributed by atoms with Gasteiger partial charge in [0.15, 0.2) is 5.96 Å². The number of alkyl halides is 3. The molecule has 0 aliphatic heterocycles. The lowest BCUT2D eigenvalue weighted by atomic mass is 10.2. The molecule has 0 aliphatic carbocycles. The molecule has 0 saturated heterocycles. The molecule has 0 bridgehead atoms. The predicted molar refractivity (Wildman–Crippen MR) is 57.7 cm³/mol. The molecule has 17 heavy (non-hydrogen) atoms. The second-order valence-electron chi connectivity index (χ2n) is 3.78. The molecule has 0 unspecified atom stereocenters. The molecular formula is C9H18F3N3O2. The van der Waals surface area contributed by atoms with Crippen molar-refractivity contribution < 1.29 is 23.1 Å². The molecular weight excluding hydrogens is 239 g/mol. The smallest absolute Gasteiger partial charge is 0.475 e. The number of carboxylic acid groups (broad SMARTS) is 1. The number of rotatable bonds is 2. The summed E-state index contributed by atoms with van der Waals surface area (Å²) < 4.78 is 31.7. The van der Waals surface area contributed by atoms with Gasteiger partial charge in [-0.1, -0.05) is 0 Å². The molecule has 102 valence electrons. The van der Waals surface area contributed by atoms with E-state index in [1.807, 2.05) is 32.6 Å². The van der Waals surface area contributed by atoms with Crippen molar-refractivity contribution in [1.82, 2.24) is 4.90 Å². The third kappa shape index (κ3) is 8.35. The summed E-state index contributed by atoms with van der Waals surface area (Å²) in [4.78, 5) is 10.8. The van der Waals surface area contributed by atoms with Crippen LogP contribution in [-0.4, -0.2) is 40.2 Å². The molecule has 0 aromatic carbocycles. The van der Waals surface area contributed by atoms with Crippen molar-refractivity contribution in [2.24, 2.45) is 5.73 Å². The zero-order valence-corrected chi connectivity index (χ0v) is 10.2. The third-order valence-corrected chi connectivity index (χ3v) is 1.63. The quantitative estimate of drug-likeness (QED) is 0.518. The number of carboxylic acids is 1. The first-order valence-corrected chi connectivity index (χ1v) is 4.83. The lowest BCUT2D eigenvalue weighted by molar-refractivity contribution is -0.192. The maximum Gasteiger partial charge on any atom is 0.490 e. The van der Waals surface area contributed by atoms with Gasteiger partial charge in [-0.15, -0.1) is 0 Å². The molecule has 5 nitrogen and oxygen atoms in total. The van der Waals surface area contributed by atoms with Gasteiger partial charge >= 0.3 is 12.1 Å². The number of aliphatic carboxylic acids is 1. The third-order valence-electron chi connectivity index (χ3n) is 1.63. The molecule has 0 heterocycles. The van der Waals surface area contributed by atoms with E-state index in [9.17, 15) is 13.2 Å². The molecule has 0 atom stereocenters. The van der Waals surface area contributed by atoms with Crippen LogP contribution in [0.2, 0.25) is 0 Å². The molecule has 0 aliphatic rings. The van der Waals surface area contributed by atoms with Gasteiger partial charge in [-0.25, -0.2) is 4.79 Å². The van der Waals surface area contributed by atoms with Gasteiger partial charge in [0.05, 0.1) is 0 Å². The van der Waals surface area contributed by atoms with Crippen LogP contribution in [0.25, 0.3) is 0 Å². The normalized spacial score (nSPS) is 10.9. The second kappa shape index (κ2) is 6.97. The van der Waals surface area contributed by atoms with Crippen LogP contribution in [0.5, 0.6) is 0 Å². The maximum atomic E-state index is 10.6. The first-order chi connectivity index (χ1) is 7.41. The lowest BCUT2D eigenvalue weighted by Crippen LogP contribution is -2.45. The molecule has 0 amide bonds. The number of hydrogen-bond acceptors (Lipinski definition) is 2. The number of nitrogens with one attached hydrogen (secondary N) is 1. The highest BCUT2D eigenvalue weighted by atomic mass is 19.4. The van der Waals surface area contributed by atoms with Crippen molar-refractivity contribution in [3.05, 3.63) is 0 Å². The zero-order chi connectivity index (χ0) is 14.4. The van der Waals surface area contributed by atoms with Crippen LogP contribution in [0.1, 0.15) is 27.7 Å². The first kappa shape index (κ1) is 17.9. The van der Waals surface area contributed by atoms with Gasteiger partial charge in [0, 0.05) is 12.1 Å². The average molecular weight is 257 g/mol. The Hall–Kier alpha value is -1.47. The van der Waals surface area contributed by atoms with E-state index >= 15 is 0 Å². The summed E-state index contributed by atoms with van der Waals surface area (Å²) in [6.07, 6.45) is -5.08. The Morgan fingerprint density at radius 3 is 1.47 bits per heavy atom. The van der Waals surface area contributed by atoms with Crippen LogP contribution in [0, 0.1) is 5.41 Å². The molecule has 0 saturated carbocycles.